The van der Waals surface area contributed by atoms with Gasteiger partial charge in [0, 0.05) is 45.2 Å². The lowest BCUT2D eigenvalue weighted by Crippen LogP contribution is -2.43. The van der Waals surface area contributed by atoms with E-state index in [1.54, 1.807) is 21.3 Å². The molecule has 0 saturated carbocycles. The fraction of sp³-hybridized carbons (Fsp3) is 0.526. The zero-order chi connectivity index (χ0) is 19.0. The van der Waals surface area contributed by atoms with Crippen molar-refractivity contribution in [1.29, 1.82) is 0 Å². The van der Waals surface area contributed by atoms with E-state index in [4.69, 9.17) is 18.3 Å². The van der Waals surface area contributed by atoms with Crippen molar-refractivity contribution >= 4 is 8.80 Å². The summed E-state index contributed by atoms with van der Waals surface area (Å²) >= 11 is 0. The van der Waals surface area contributed by atoms with Crippen LogP contribution in [0.25, 0.3) is 11.4 Å². The van der Waals surface area contributed by atoms with E-state index < -0.39 is 8.80 Å². The third-order valence-corrected chi connectivity index (χ3v) is 7.58. The molecular weight excluding hydrogens is 346 g/mol. The van der Waals surface area contributed by atoms with Crippen molar-refractivity contribution in [2.75, 3.05) is 34.4 Å². The van der Waals surface area contributed by atoms with Gasteiger partial charge in [-0.15, -0.1) is 0 Å². The lowest BCUT2D eigenvalue weighted by atomic mass is 10.2. The van der Waals surface area contributed by atoms with Crippen LogP contribution in [0.2, 0.25) is 6.04 Å². The maximum atomic E-state index is 5.50. The van der Waals surface area contributed by atoms with Gasteiger partial charge in [0.05, 0.1) is 5.69 Å². The molecule has 144 valence electrons. The van der Waals surface area contributed by atoms with Gasteiger partial charge in [-0.3, -0.25) is 4.90 Å². The van der Waals surface area contributed by atoms with E-state index in [9.17, 15) is 0 Å². The minimum absolute atomic E-state index is 0.807. The molecule has 0 bridgehead atoms. The van der Waals surface area contributed by atoms with E-state index >= 15 is 0 Å². The molecule has 0 saturated heterocycles. The predicted octanol–water partition coefficient (Wildman–Crippen LogP) is 3.48. The molecule has 7 heteroatoms. The van der Waals surface area contributed by atoms with Crippen LogP contribution in [0.5, 0.6) is 0 Å². The first-order chi connectivity index (χ1) is 12.6. The number of benzene rings is 1. The Morgan fingerprint density at radius 1 is 1.08 bits per heavy atom. The molecule has 0 aliphatic carbocycles. The zero-order valence-corrected chi connectivity index (χ0v) is 17.5. The fourth-order valence-corrected chi connectivity index (χ4v) is 4.72. The van der Waals surface area contributed by atoms with Crippen LogP contribution in [-0.4, -0.2) is 58.1 Å². The highest BCUT2D eigenvalue weighted by Gasteiger charge is 2.37. The van der Waals surface area contributed by atoms with Crippen LogP contribution in [0, 0.1) is 6.92 Å². The van der Waals surface area contributed by atoms with E-state index in [-0.39, 0.29) is 0 Å². The van der Waals surface area contributed by atoms with E-state index in [2.05, 4.69) is 35.9 Å². The average molecular weight is 378 g/mol. The molecule has 2 rings (SSSR count). The highest BCUT2D eigenvalue weighted by Crippen LogP contribution is 2.20. The molecule has 0 fully saturated rings. The highest BCUT2D eigenvalue weighted by molar-refractivity contribution is 6.60. The summed E-state index contributed by atoms with van der Waals surface area (Å²) in [5.41, 5.74) is 3.33. The van der Waals surface area contributed by atoms with Crippen LogP contribution >= 0.6 is 0 Å². The second-order valence-corrected chi connectivity index (χ2v) is 9.38. The second-order valence-electron chi connectivity index (χ2n) is 6.29. The van der Waals surface area contributed by atoms with Crippen molar-refractivity contribution in [2.45, 2.75) is 32.9 Å². The van der Waals surface area contributed by atoms with Crippen LogP contribution in [0.4, 0.5) is 0 Å². The monoisotopic (exact) mass is 377 g/mol. The van der Waals surface area contributed by atoms with Crippen LogP contribution in [0.1, 0.15) is 24.7 Å². The Balaban J connectivity index is 1.97. The zero-order valence-electron chi connectivity index (χ0n) is 16.5. The summed E-state index contributed by atoms with van der Waals surface area (Å²) in [7, 11) is 2.50. The number of aromatic amines is 1. The van der Waals surface area contributed by atoms with Gasteiger partial charge in [-0.25, -0.2) is 4.98 Å². The summed E-state index contributed by atoms with van der Waals surface area (Å²) in [5.74, 6) is 0.929. The topological polar surface area (TPSA) is 59.6 Å². The first-order valence-corrected chi connectivity index (χ1v) is 11.0. The van der Waals surface area contributed by atoms with Crippen molar-refractivity contribution in [1.82, 2.24) is 14.9 Å². The molecule has 1 heterocycles. The standard InChI is InChI=1S/C19H31N3O3Si/c1-6-22(13-10-14-26(23-3,24-4)25-5)15-18-16(2)20-19(21-18)17-11-8-7-9-12-17/h7-9,11-12H,6,10,13-15H2,1-5H3,(H,20,21). The number of imidazole rings is 1. The molecule has 0 unspecified atom stereocenters. The summed E-state index contributed by atoms with van der Waals surface area (Å²) in [5, 5.41) is 0. The smallest absolute Gasteiger partial charge is 0.377 e. The van der Waals surface area contributed by atoms with Gasteiger partial charge in [0.15, 0.2) is 0 Å². The van der Waals surface area contributed by atoms with Gasteiger partial charge in [0.2, 0.25) is 0 Å². The normalized spacial score (nSPS) is 12.1. The molecule has 1 N–H and O–H groups in total. The Hall–Kier alpha value is -1.51. The molecule has 0 spiro atoms. The minimum atomic E-state index is -2.49. The molecule has 6 nitrogen and oxygen atoms in total. The van der Waals surface area contributed by atoms with Gasteiger partial charge < -0.3 is 18.3 Å². The summed E-state index contributed by atoms with van der Waals surface area (Å²) in [6.07, 6.45) is 0.963. The van der Waals surface area contributed by atoms with Crippen molar-refractivity contribution in [3.63, 3.8) is 0 Å². The van der Waals surface area contributed by atoms with E-state index in [0.29, 0.717) is 0 Å². The number of hydrogen-bond donors (Lipinski definition) is 1. The lowest BCUT2D eigenvalue weighted by molar-refractivity contribution is 0.121. The Bertz CT molecular complexity index is 651. The molecule has 1 aromatic heterocycles. The van der Waals surface area contributed by atoms with Gasteiger partial charge >= 0.3 is 8.80 Å². The Morgan fingerprint density at radius 2 is 1.73 bits per heavy atom. The summed E-state index contributed by atoms with van der Waals surface area (Å²) in [4.78, 5) is 10.6. The van der Waals surface area contributed by atoms with Gasteiger partial charge in [-0.1, -0.05) is 37.3 Å². The number of rotatable bonds is 11. The minimum Gasteiger partial charge on any atom is -0.377 e. The average Bonchev–Trinajstić information content (AvgIpc) is 3.06. The van der Waals surface area contributed by atoms with Crippen LogP contribution in [0.15, 0.2) is 30.3 Å². The summed E-state index contributed by atoms with van der Waals surface area (Å²) in [6, 6.07) is 11.0. The Kier molecular flexibility index (Phi) is 7.99. The lowest BCUT2D eigenvalue weighted by Gasteiger charge is -2.26. The van der Waals surface area contributed by atoms with Crippen molar-refractivity contribution in [2.24, 2.45) is 0 Å². The number of aromatic nitrogens is 2. The number of aryl methyl sites for hydroxylation is 1. The molecule has 0 aliphatic rings. The number of nitrogens with one attached hydrogen (secondary N) is 1. The Labute approximate surface area is 157 Å². The maximum Gasteiger partial charge on any atom is 0.500 e. The van der Waals surface area contributed by atoms with E-state index in [0.717, 1.165) is 54.9 Å². The molecular formula is C19H31N3O3Si. The largest absolute Gasteiger partial charge is 0.500 e. The fourth-order valence-electron chi connectivity index (χ4n) is 3.02. The SMILES string of the molecule is CCN(CCC[Si](OC)(OC)OC)Cc1nc(-c2ccccc2)[nH]c1C. The first kappa shape index (κ1) is 20.8. The molecule has 0 atom stereocenters. The third kappa shape index (κ3) is 5.25. The molecule has 2 aromatic rings. The third-order valence-electron chi connectivity index (χ3n) is 4.74. The van der Waals surface area contributed by atoms with Crippen LogP contribution < -0.4 is 0 Å². The van der Waals surface area contributed by atoms with Gasteiger partial charge in [0.1, 0.15) is 5.82 Å². The number of hydrogen-bond acceptors (Lipinski definition) is 5. The Morgan fingerprint density at radius 3 is 2.31 bits per heavy atom. The molecule has 0 aliphatic heterocycles. The van der Waals surface area contributed by atoms with E-state index in [1.807, 2.05) is 18.2 Å². The molecule has 0 radical (unpaired) electrons. The maximum absolute atomic E-state index is 5.50. The van der Waals surface area contributed by atoms with Gasteiger partial charge in [0.25, 0.3) is 0 Å². The first-order valence-electron chi connectivity index (χ1n) is 9.06. The van der Waals surface area contributed by atoms with Crippen LogP contribution in [0.3, 0.4) is 0 Å². The number of H-pyrrole nitrogens is 1. The van der Waals surface area contributed by atoms with Crippen molar-refractivity contribution in [3.8, 4) is 11.4 Å². The van der Waals surface area contributed by atoms with Crippen molar-refractivity contribution in [3.05, 3.63) is 41.7 Å². The second kappa shape index (κ2) is 9.99. The predicted molar refractivity (Wildman–Crippen MR) is 106 cm³/mol. The summed E-state index contributed by atoms with van der Waals surface area (Å²) < 4.78 is 16.5. The summed E-state index contributed by atoms with van der Waals surface area (Å²) in [6.45, 7) is 7.00. The quantitative estimate of drug-likeness (QED) is 0.608. The van der Waals surface area contributed by atoms with Crippen LogP contribution in [-0.2, 0) is 19.8 Å². The highest BCUT2D eigenvalue weighted by atomic mass is 28.4. The molecule has 0 amide bonds. The van der Waals surface area contributed by atoms with E-state index in [1.165, 1.54) is 0 Å². The number of nitrogens with zero attached hydrogens (tertiary/aromatic N) is 2. The van der Waals surface area contributed by atoms with Gasteiger partial charge in [-0.05, 0) is 26.4 Å². The van der Waals surface area contributed by atoms with Crippen molar-refractivity contribution < 1.29 is 13.3 Å². The van der Waals surface area contributed by atoms with Gasteiger partial charge in [-0.2, -0.15) is 0 Å². The molecule has 1 aromatic carbocycles. The molecule has 26 heavy (non-hydrogen) atoms.